The molecule has 19 heavy (non-hydrogen) atoms. The van der Waals surface area contributed by atoms with Crippen LogP contribution in [-0.2, 0) is 16.0 Å². The number of carbonyl (C=O) groups is 2. The van der Waals surface area contributed by atoms with Gasteiger partial charge in [-0.05, 0) is 37.0 Å². The molecule has 1 atom stereocenters. The average molecular weight is 281 g/mol. The van der Waals surface area contributed by atoms with Gasteiger partial charge in [-0.25, -0.2) is 0 Å². The van der Waals surface area contributed by atoms with E-state index in [2.05, 4.69) is 0 Å². The summed E-state index contributed by atoms with van der Waals surface area (Å²) in [5, 5.41) is 0.684. The molecule has 0 aliphatic carbocycles. The van der Waals surface area contributed by atoms with Gasteiger partial charge in [0, 0.05) is 18.0 Å². The topological polar surface area (TPSA) is 63.4 Å². The van der Waals surface area contributed by atoms with Crippen LogP contribution in [0.3, 0.4) is 0 Å². The first-order valence-corrected chi connectivity index (χ1v) is 6.79. The van der Waals surface area contributed by atoms with Gasteiger partial charge in [0.1, 0.15) is 6.04 Å². The minimum atomic E-state index is -0.419. The zero-order valence-electron chi connectivity index (χ0n) is 10.6. The molecule has 1 saturated heterocycles. The Morgan fingerprint density at radius 3 is 2.63 bits per heavy atom. The van der Waals surface area contributed by atoms with Crippen LogP contribution >= 0.6 is 11.6 Å². The molecule has 0 spiro atoms. The van der Waals surface area contributed by atoms with Gasteiger partial charge in [-0.3, -0.25) is 9.59 Å². The van der Waals surface area contributed by atoms with Crippen LogP contribution in [0.1, 0.15) is 24.8 Å². The summed E-state index contributed by atoms with van der Waals surface area (Å²) < 4.78 is 0. The lowest BCUT2D eigenvalue weighted by molar-refractivity contribution is -0.137. The summed E-state index contributed by atoms with van der Waals surface area (Å²) >= 11 is 5.81. The summed E-state index contributed by atoms with van der Waals surface area (Å²) in [5.41, 5.74) is 6.36. The van der Waals surface area contributed by atoms with Crippen molar-refractivity contribution < 1.29 is 9.59 Å². The predicted molar refractivity (Wildman–Crippen MR) is 73.7 cm³/mol. The largest absolute Gasteiger partial charge is 0.368 e. The Morgan fingerprint density at radius 2 is 2.00 bits per heavy atom. The second-order valence-corrected chi connectivity index (χ2v) is 5.21. The van der Waals surface area contributed by atoms with Crippen molar-refractivity contribution in [2.45, 2.75) is 31.7 Å². The number of primary amides is 1. The van der Waals surface area contributed by atoms with Gasteiger partial charge in [-0.1, -0.05) is 23.7 Å². The van der Waals surface area contributed by atoms with Crippen molar-refractivity contribution in [1.29, 1.82) is 0 Å². The first-order valence-electron chi connectivity index (χ1n) is 6.41. The summed E-state index contributed by atoms with van der Waals surface area (Å²) in [6.45, 7) is 0.632. The molecule has 5 heteroatoms. The van der Waals surface area contributed by atoms with Crippen molar-refractivity contribution in [3.05, 3.63) is 34.9 Å². The Kier molecular flexibility index (Phi) is 4.43. The van der Waals surface area contributed by atoms with Crippen molar-refractivity contribution in [1.82, 2.24) is 4.90 Å². The van der Waals surface area contributed by atoms with E-state index in [9.17, 15) is 9.59 Å². The molecule has 0 unspecified atom stereocenters. The van der Waals surface area contributed by atoms with E-state index in [-0.39, 0.29) is 5.91 Å². The number of carbonyl (C=O) groups excluding carboxylic acids is 2. The van der Waals surface area contributed by atoms with Gasteiger partial charge in [0.2, 0.25) is 11.8 Å². The predicted octanol–water partition coefficient (Wildman–Crippen LogP) is 1.75. The normalized spacial score (nSPS) is 18.6. The van der Waals surface area contributed by atoms with E-state index in [0.29, 0.717) is 30.8 Å². The van der Waals surface area contributed by atoms with Crippen molar-refractivity contribution in [3.63, 3.8) is 0 Å². The Labute approximate surface area is 117 Å². The molecule has 2 rings (SSSR count). The van der Waals surface area contributed by atoms with Crippen LogP contribution in [0.4, 0.5) is 0 Å². The highest BCUT2D eigenvalue weighted by atomic mass is 35.5. The third-order valence-electron chi connectivity index (χ3n) is 3.44. The zero-order valence-corrected chi connectivity index (χ0v) is 11.4. The lowest BCUT2D eigenvalue weighted by atomic mass is 10.1. The van der Waals surface area contributed by atoms with Crippen LogP contribution < -0.4 is 5.73 Å². The van der Waals surface area contributed by atoms with Crippen molar-refractivity contribution in [2.75, 3.05) is 6.54 Å². The molecule has 0 bridgehead atoms. The standard InChI is InChI=1S/C14H17ClN2O2/c15-11-6-3-10(4-7-11)5-8-13(18)17-9-1-2-12(17)14(16)19/h3-4,6-7,12H,1-2,5,8-9H2,(H2,16,19)/t12-/m0/s1. The molecule has 1 aromatic rings. The van der Waals surface area contributed by atoms with E-state index in [0.717, 1.165) is 12.0 Å². The molecule has 1 aliphatic rings. The number of hydrogen-bond donors (Lipinski definition) is 1. The molecule has 102 valence electrons. The van der Waals surface area contributed by atoms with Gasteiger partial charge in [-0.15, -0.1) is 0 Å². The Morgan fingerprint density at radius 1 is 1.32 bits per heavy atom. The van der Waals surface area contributed by atoms with Crippen molar-refractivity contribution >= 4 is 23.4 Å². The minimum absolute atomic E-state index is 0.00347. The summed E-state index contributed by atoms with van der Waals surface area (Å²) in [4.78, 5) is 24.9. The second kappa shape index (κ2) is 6.06. The lowest BCUT2D eigenvalue weighted by Gasteiger charge is -2.22. The number of nitrogens with zero attached hydrogens (tertiary/aromatic N) is 1. The Balaban J connectivity index is 1.90. The molecule has 1 fully saturated rings. The third-order valence-corrected chi connectivity index (χ3v) is 3.69. The molecule has 0 radical (unpaired) electrons. The van der Waals surface area contributed by atoms with Crippen LogP contribution in [0, 0.1) is 0 Å². The lowest BCUT2D eigenvalue weighted by Crippen LogP contribution is -2.43. The quantitative estimate of drug-likeness (QED) is 0.913. The fourth-order valence-electron chi connectivity index (χ4n) is 2.41. The van der Waals surface area contributed by atoms with Gasteiger partial charge in [-0.2, -0.15) is 0 Å². The fraction of sp³-hybridized carbons (Fsp3) is 0.429. The van der Waals surface area contributed by atoms with Crippen LogP contribution in [0.15, 0.2) is 24.3 Å². The summed E-state index contributed by atoms with van der Waals surface area (Å²) in [6, 6.07) is 7.01. The van der Waals surface area contributed by atoms with Crippen molar-refractivity contribution in [2.24, 2.45) is 5.73 Å². The maximum Gasteiger partial charge on any atom is 0.240 e. The third kappa shape index (κ3) is 3.47. The van der Waals surface area contributed by atoms with Crippen LogP contribution in [0.25, 0.3) is 0 Å². The minimum Gasteiger partial charge on any atom is -0.368 e. The Bertz CT molecular complexity index is 473. The zero-order chi connectivity index (χ0) is 13.8. The van der Waals surface area contributed by atoms with Crippen LogP contribution in [0.5, 0.6) is 0 Å². The maximum absolute atomic E-state index is 12.1. The van der Waals surface area contributed by atoms with Gasteiger partial charge in [0.25, 0.3) is 0 Å². The monoisotopic (exact) mass is 280 g/mol. The smallest absolute Gasteiger partial charge is 0.240 e. The molecular formula is C14H17ClN2O2. The maximum atomic E-state index is 12.1. The van der Waals surface area contributed by atoms with Crippen LogP contribution in [-0.4, -0.2) is 29.3 Å². The van der Waals surface area contributed by atoms with Crippen molar-refractivity contribution in [3.8, 4) is 0 Å². The molecule has 1 aromatic carbocycles. The van der Waals surface area contributed by atoms with E-state index in [1.807, 2.05) is 24.3 Å². The van der Waals surface area contributed by atoms with Gasteiger partial charge < -0.3 is 10.6 Å². The molecule has 1 aliphatic heterocycles. The molecule has 2 N–H and O–H groups in total. The molecule has 4 nitrogen and oxygen atoms in total. The summed E-state index contributed by atoms with van der Waals surface area (Å²) in [7, 11) is 0. The van der Waals surface area contributed by atoms with Gasteiger partial charge in [0.15, 0.2) is 0 Å². The molecule has 1 heterocycles. The first kappa shape index (κ1) is 13.9. The summed E-state index contributed by atoms with van der Waals surface area (Å²) in [6.07, 6.45) is 2.58. The van der Waals surface area contributed by atoms with E-state index >= 15 is 0 Å². The van der Waals surface area contributed by atoms with E-state index in [1.165, 1.54) is 0 Å². The molecular weight excluding hydrogens is 264 g/mol. The number of hydrogen-bond acceptors (Lipinski definition) is 2. The number of aryl methyl sites for hydroxylation is 1. The number of nitrogens with two attached hydrogens (primary N) is 1. The molecule has 2 amide bonds. The molecule has 0 saturated carbocycles. The van der Waals surface area contributed by atoms with Crippen LogP contribution in [0.2, 0.25) is 5.02 Å². The second-order valence-electron chi connectivity index (χ2n) is 4.77. The average Bonchev–Trinajstić information content (AvgIpc) is 2.87. The fourth-order valence-corrected chi connectivity index (χ4v) is 2.53. The first-order chi connectivity index (χ1) is 9.08. The van der Waals surface area contributed by atoms with Gasteiger partial charge >= 0.3 is 0 Å². The van der Waals surface area contributed by atoms with E-state index < -0.39 is 11.9 Å². The number of rotatable bonds is 4. The highest BCUT2D eigenvalue weighted by molar-refractivity contribution is 6.30. The van der Waals surface area contributed by atoms with E-state index in [1.54, 1.807) is 4.90 Å². The number of benzene rings is 1. The molecule has 0 aromatic heterocycles. The van der Waals surface area contributed by atoms with E-state index in [4.69, 9.17) is 17.3 Å². The number of likely N-dealkylation sites (tertiary alicyclic amines) is 1. The van der Waals surface area contributed by atoms with Gasteiger partial charge in [0.05, 0.1) is 0 Å². The number of amides is 2. The number of halogens is 1. The highest BCUT2D eigenvalue weighted by Gasteiger charge is 2.31. The SMILES string of the molecule is NC(=O)[C@@H]1CCCN1C(=O)CCc1ccc(Cl)cc1. The Hall–Kier alpha value is -1.55. The highest BCUT2D eigenvalue weighted by Crippen LogP contribution is 2.19. The summed E-state index contributed by atoms with van der Waals surface area (Å²) in [5.74, 6) is -0.409.